The zero-order valence-corrected chi connectivity index (χ0v) is 28.5. The van der Waals surface area contributed by atoms with E-state index in [1.807, 2.05) is 74.5 Å². The molecule has 0 aromatic heterocycles. The Morgan fingerprint density at radius 1 is 0.796 bits per heavy atom. The second kappa shape index (κ2) is 18.1. The molecule has 0 saturated carbocycles. The van der Waals surface area contributed by atoms with Crippen LogP contribution in [0, 0.1) is 11.3 Å². The van der Waals surface area contributed by atoms with Gasteiger partial charge in [-0.2, -0.15) is 0 Å². The van der Waals surface area contributed by atoms with Gasteiger partial charge in [0.2, 0.25) is 23.6 Å². The number of nitrogens with zero attached hydrogens (tertiary/aromatic N) is 1. The number of nitrogens with two attached hydrogens (primary N) is 3. The van der Waals surface area contributed by atoms with Crippen molar-refractivity contribution in [3.05, 3.63) is 71.8 Å². The van der Waals surface area contributed by atoms with Crippen molar-refractivity contribution >= 4 is 35.4 Å². The molecule has 1 saturated heterocycles. The molecule has 0 radical (unpaired) electrons. The van der Waals surface area contributed by atoms with Crippen LogP contribution in [0.1, 0.15) is 51.2 Å². The van der Waals surface area contributed by atoms with E-state index in [0.29, 0.717) is 0 Å². The normalized spacial score (nSPS) is 16.4. The van der Waals surface area contributed by atoms with Crippen LogP contribution in [0.2, 0.25) is 0 Å². The minimum Gasteiger partial charge on any atom is -0.370 e. The Bertz CT molecular complexity index is 1450. The number of rotatable bonds is 16. The second-order valence-corrected chi connectivity index (χ2v) is 13.1. The maximum atomic E-state index is 13.8. The van der Waals surface area contributed by atoms with E-state index in [9.17, 15) is 24.0 Å². The molecule has 49 heavy (non-hydrogen) atoms. The average Bonchev–Trinajstić information content (AvgIpc) is 3.06. The zero-order chi connectivity index (χ0) is 36.1. The van der Waals surface area contributed by atoms with E-state index in [-0.39, 0.29) is 69.4 Å². The highest BCUT2D eigenvalue weighted by molar-refractivity contribution is 5.95. The standard InChI is InChI=1S/C35H51N9O5/c1-22(2)18-27(31(47)43-29(21-40-34(37)38)33(49)44-16-14-35(39,15-17-44)23(3)45)42-32(48)28(20-25-12-8-5-9-13-25)41-30(46)26(36)19-24-10-6-4-7-11-24/h4-13,22,26-29H,14-21,36,39H2,1-3H3,(H,41,46)(H,42,48)(H,43,47)(H4,37,38,40)/t26-,27-,28-,29-/m1/s1. The van der Waals surface area contributed by atoms with Crippen LogP contribution in [-0.4, -0.2) is 89.6 Å². The third kappa shape index (κ3) is 12.0. The summed E-state index contributed by atoms with van der Waals surface area (Å²) in [5.41, 5.74) is 18.6. The highest BCUT2D eigenvalue weighted by Gasteiger charge is 2.39. The fourth-order valence-electron chi connectivity index (χ4n) is 5.66. The number of hydrogen-bond acceptors (Lipinski definition) is 8. The van der Waals surface area contributed by atoms with E-state index in [4.69, 9.17) is 22.6 Å². The molecule has 0 unspecified atom stereocenters. The number of guanidine groups is 1. The molecular weight excluding hydrogens is 626 g/mol. The summed E-state index contributed by atoms with van der Waals surface area (Å²) in [6.07, 6.45) is 1.19. The van der Waals surface area contributed by atoms with Crippen LogP contribution in [0.4, 0.5) is 0 Å². The molecule has 3 rings (SSSR count). The predicted octanol–water partition coefficient (Wildman–Crippen LogP) is -0.308. The van der Waals surface area contributed by atoms with Gasteiger partial charge in [0.1, 0.15) is 23.9 Å². The lowest BCUT2D eigenvalue weighted by Gasteiger charge is -2.39. The van der Waals surface area contributed by atoms with Gasteiger partial charge in [-0.15, -0.1) is 0 Å². The third-order valence-corrected chi connectivity index (χ3v) is 8.67. The molecule has 0 bridgehead atoms. The summed E-state index contributed by atoms with van der Waals surface area (Å²) in [4.78, 5) is 68.0. The Morgan fingerprint density at radius 2 is 1.29 bits per heavy atom. The third-order valence-electron chi connectivity index (χ3n) is 8.67. The first-order valence-electron chi connectivity index (χ1n) is 16.6. The van der Waals surface area contributed by atoms with Crippen LogP contribution < -0.4 is 38.5 Å². The lowest BCUT2D eigenvalue weighted by molar-refractivity contribution is -0.140. The monoisotopic (exact) mass is 677 g/mol. The Hall–Kier alpha value is -4.82. The zero-order valence-electron chi connectivity index (χ0n) is 28.5. The molecule has 0 spiro atoms. The first kappa shape index (κ1) is 38.6. The summed E-state index contributed by atoms with van der Waals surface area (Å²) in [5.74, 6) is -2.74. The number of carbonyl (C=O) groups excluding carboxylic acids is 5. The van der Waals surface area contributed by atoms with Crippen molar-refractivity contribution in [1.82, 2.24) is 26.2 Å². The minimum absolute atomic E-state index is 0.0339. The SMILES string of the molecule is CC(=O)C1(N)CCN(C(=O)[C@@H](CNC(=N)N)NC(=O)[C@@H](CC(C)C)NC(=O)[C@@H](Cc2ccccc2)NC(=O)[C@H](N)Cc2ccccc2)CC1. The molecule has 1 aliphatic heterocycles. The fraction of sp³-hybridized carbons (Fsp3) is 0.486. The molecule has 2 aromatic rings. The van der Waals surface area contributed by atoms with Crippen molar-refractivity contribution in [3.8, 4) is 0 Å². The molecule has 2 aromatic carbocycles. The van der Waals surface area contributed by atoms with E-state index < -0.39 is 53.3 Å². The van der Waals surface area contributed by atoms with Crippen LogP contribution in [0.5, 0.6) is 0 Å². The summed E-state index contributed by atoms with van der Waals surface area (Å²) in [7, 11) is 0. The predicted molar refractivity (Wildman–Crippen MR) is 187 cm³/mol. The summed E-state index contributed by atoms with van der Waals surface area (Å²) in [5, 5.41) is 18.5. The largest absolute Gasteiger partial charge is 0.370 e. The number of benzene rings is 2. The molecule has 266 valence electrons. The smallest absolute Gasteiger partial charge is 0.246 e. The maximum Gasteiger partial charge on any atom is 0.246 e. The van der Waals surface area contributed by atoms with Crippen LogP contribution in [0.15, 0.2) is 60.7 Å². The molecule has 4 amide bonds. The average molecular weight is 678 g/mol. The quantitative estimate of drug-likeness (QED) is 0.0858. The molecule has 14 heteroatoms. The highest BCUT2D eigenvalue weighted by atomic mass is 16.2. The fourth-order valence-corrected chi connectivity index (χ4v) is 5.66. The molecule has 1 fully saturated rings. The van der Waals surface area contributed by atoms with Gasteiger partial charge in [0.15, 0.2) is 5.96 Å². The lowest BCUT2D eigenvalue weighted by atomic mass is 9.85. The van der Waals surface area contributed by atoms with Gasteiger partial charge in [-0.05, 0) is 49.7 Å². The second-order valence-electron chi connectivity index (χ2n) is 13.1. The van der Waals surface area contributed by atoms with Crippen LogP contribution in [-0.2, 0) is 36.8 Å². The highest BCUT2D eigenvalue weighted by Crippen LogP contribution is 2.21. The Labute approximate surface area is 287 Å². The first-order valence-corrected chi connectivity index (χ1v) is 16.6. The van der Waals surface area contributed by atoms with E-state index in [1.54, 1.807) is 0 Å². The number of Topliss-reactive ketones (excluding diaryl/α,β-unsaturated/α-hetero) is 1. The van der Waals surface area contributed by atoms with Gasteiger partial charge in [0.25, 0.3) is 0 Å². The van der Waals surface area contributed by atoms with Crippen LogP contribution >= 0.6 is 0 Å². The van der Waals surface area contributed by atoms with E-state index >= 15 is 0 Å². The van der Waals surface area contributed by atoms with Gasteiger partial charge < -0.3 is 43.4 Å². The Kier molecular flexibility index (Phi) is 14.3. The molecule has 0 aliphatic carbocycles. The Morgan fingerprint density at radius 3 is 1.80 bits per heavy atom. The van der Waals surface area contributed by atoms with Crippen molar-refractivity contribution in [1.29, 1.82) is 5.41 Å². The van der Waals surface area contributed by atoms with Gasteiger partial charge >= 0.3 is 0 Å². The van der Waals surface area contributed by atoms with E-state index in [1.165, 1.54) is 11.8 Å². The van der Waals surface area contributed by atoms with E-state index in [2.05, 4.69) is 21.3 Å². The number of amides is 4. The molecule has 1 heterocycles. The number of likely N-dealkylation sites (tertiary alicyclic amines) is 1. The van der Waals surface area contributed by atoms with E-state index in [0.717, 1.165) is 11.1 Å². The molecule has 1 aliphatic rings. The summed E-state index contributed by atoms with van der Waals surface area (Å²) < 4.78 is 0. The number of carbonyl (C=O) groups is 5. The van der Waals surface area contributed by atoms with Gasteiger partial charge in [0, 0.05) is 26.1 Å². The van der Waals surface area contributed by atoms with Gasteiger partial charge in [-0.1, -0.05) is 74.5 Å². The van der Waals surface area contributed by atoms with Crippen LogP contribution in [0.25, 0.3) is 0 Å². The van der Waals surface area contributed by atoms with Crippen molar-refractivity contribution in [2.45, 2.75) is 82.6 Å². The first-order chi connectivity index (χ1) is 23.2. The number of ketones is 1. The summed E-state index contributed by atoms with van der Waals surface area (Å²) in [6.45, 7) is 5.45. The molecule has 11 N–H and O–H groups in total. The number of piperidine rings is 1. The molecular formula is C35H51N9O5. The van der Waals surface area contributed by atoms with Crippen molar-refractivity contribution in [2.24, 2.45) is 23.1 Å². The van der Waals surface area contributed by atoms with Crippen molar-refractivity contribution in [3.63, 3.8) is 0 Å². The summed E-state index contributed by atoms with van der Waals surface area (Å²) in [6, 6.07) is 14.3. The molecule has 4 atom stereocenters. The Balaban J connectivity index is 1.78. The maximum absolute atomic E-state index is 13.8. The van der Waals surface area contributed by atoms with Crippen molar-refractivity contribution in [2.75, 3.05) is 19.6 Å². The minimum atomic E-state index is -1.14. The lowest BCUT2D eigenvalue weighted by Crippen LogP contribution is -2.62. The number of nitrogens with one attached hydrogen (secondary N) is 5. The number of hydrogen-bond donors (Lipinski definition) is 8. The van der Waals surface area contributed by atoms with Crippen molar-refractivity contribution < 1.29 is 24.0 Å². The van der Waals surface area contributed by atoms with Gasteiger partial charge in [-0.25, -0.2) is 0 Å². The van der Waals surface area contributed by atoms with Gasteiger partial charge in [0.05, 0.1) is 11.6 Å². The van der Waals surface area contributed by atoms with Gasteiger partial charge in [-0.3, -0.25) is 29.4 Å². The molecule has 14 nitrogen and oxygen atoms in total. The summed E-state index contributed by atoms with van der Waals surface area (Å²) >= 11 is 0. The topological polar surface area (TPSA) is 239 Å². The van der Waals surface area contributed by atoms with Crippen LogP contribution in [0.3, 0.4) is 0 Å².